The standard InChI is InChI=1S/C25H24N2/c1-16(2)22-14-12-18-10-11-19-13-15-23(27-25(19)24(18)26-22)21-9-5-7-17-6-3-4-8-20(17)21/h3-11,13,15-16,22,26H,12,14H2,1-2H3. The molecule has 2 heterocycles. The zero-order valence-corrected chi connectivity index (χ0v) is 15.9. The van der Waals surface area contributed by atoms with Crippen LogP contribution in [-0.4, -0.2) is 11.0 Å². The van der Waals surface area contributed by atoms with Crippen LogP contribution in [0.15, 0.2) is 66.7 Å². The molecule has 1 aliphatic heterocycles. The molecular weight excluding hydrogens is 328 g/mol. The quantitative estimate of drug-likeness (QED) is 0.449. The molecule has 0 amide bonds. The third kappa shape index (κ3) is 2.76. The molecule has 3 aromatic carbocycles. The first-order chi connectivity index (χ1) is 13.2. The van der Waals surface area contributed by atoms with E-state index in [1.807, 2.05) is 0 Å². The highest BCUT2D eigenvalue weighted by Gasteiger charge is 2.22. The monoisotopic (exact) mass is 352 g/mol. The molecule has 2 nitrogen and oxygen atoms in total. The second-order valence-electron chi connectivity index (χ2n) is 7.93. The molecule has 1 atom stereocenters. The molecule has 134 valence electrons. The number of aryl methyl sites for hydroxylation is 1. The van der Waals surface area contributed by atoms with Crippen LogP contribution in [0.2, 0.25) is 0 Å². The van der Waals surface area contributed by atoms with E-state index in [0.29, 0.717) is 12.0 Å². The molecule has 5 rings (SSSR count). The lowest BCUT2D eigenvalue weighted by molar-refractivity contribution is 0.483. The highest BCUT2D eigenvalue weighted by atomic mass is 15.0. The maximum atomic E-state index is 5.14. The minimum atomic E-state index is 0.520. The van der Waals surface area contributed by atoms with E-state index in [1.165, 1.54) is 39.4 Å². The number of hydrogen-bond acceptors (Lipinski definition) is 2. The summed E-state index contributed by atoms with van der Waals surface area (Å²) in [5.74, 6) is 0.620. The average molecular weight is 352 g/mol. The maximum absolute atomic E-state index is 5.14. The van der Waals surface area contributed by atoms with Crippen molar-refractivity contribution in [2.24, 2.45) is 5.92 Å². The van der Waals surface area contributed by atoms with Gasteiger partial charge in [-0.15, -0.1) is 0 Å². The van der Waals surface area contributed by atoms with Gasteiger partial charge in [0.05, 0.1) is 16.9 Å². The number of anilines is 1. The van der Waals surface area contributed by atoms with Gasteiger partial charge in [0.25, 0.3) is 0 Å². The van der Waals surface area contributed by atoms with Crippen LogP contribution in [0.4, 0.5) is 5.69 Å². The lowest BCUT2D eigenvalue weighted by Gasteiger charge is -2.30. The average Bonchev–Trinajstić information content (AvgIpc) is 2.72. The minimum Gasteiger partial charge on any atom is -0.380 e. The van der Waals surface area contributed by atoms with E-state index >= 15 is 0 Å². The summed E-state index contributed by atoms with van der Waals surface area (Å²) in [6.45, 7) is 4.59. The Morgan fingerprint density at radius 3 is 2.59 bits per heavy atom. The lowest BCUT2D eigenvalue weighted by atomic mass is 9.90. The Morgan fingerprint density at radius 2 is 1.70 bits per heavy atom. The molecule has 4 aromatic rings. The predicted molar refractivity (Wildman–Crippen MR) is 115 cm³/mol. The second kappa shape index (κ2) is 6.38. The Hall–Kier alpha value is -2.87. The molecule has 0 aliphatic carbocycles. The molecule has 0 saturated carbocycles. The number of benzene rings is 3. The summed E-state index contributed by atoms with van der Waals surface area (Å²) < 4.78 is 0. The summed E-state index contributed by atoms with van der Waals surface area (Å²) in [6.07, 6.45) is 2.32. The van der Waals surface area contributed by atoms with Crippen molar-refractivity contribution >= 4 is 27.4 Å². The molecule has 1 N–H and O–H groups in total. The third-order valence-corrected chi connectivity index (χ3v) is 5.87. The molecular formula is C25H24N2. The summed E-state index contributed by atoms with van der Waals surface area (Å²) in [6, 6.07) is 24.4. The van der Waals surface area contributed by atoms with Gasteiger partial charge in [-0.25, -0.2) is 4.98 Å². The van der Waals surface area contributed by atoms with Gasteiger partial charge in [-0.2, -0.15) is 0 Å². The number of nitrogens with zero attached hydrogens (tertiary/aromatic N) is 1. The van der Waals surface area contributed by atoms with Gasteiger partial charge in [0.2, 0.25) is 0 Å². The molecule has 1 aromatic heterocycles. The van der Waals surface area contributed by atoms with Crippen molar-refractivity contribution in [1.82, 2.24) is 4.98 Å². The Labute approximate surface area is 160 Å². The maximum Gasteiger partial charge on any atom is 0.0943 e. The van der Waals surface area contributed by atoms with E-state index < -0.39 is 0 Å². The van der Waals surface area contributed by atoms with Gasteiger partial charge in [-0.1, -0.05) is 74.5 Å². The van der Waals surface area contributed by atoms with Crippen LogP contribution in [0.5, 0.6) is 0 Å². The topological polar surface area (TPSA) is 24.9 Å². The number of aromatic nitrogens is 1. The van der Waals surface area contributed by atoms with Gasteiger partial charge in [0.15, 0.2) is 0 Å². The SMILES string of the molecule is CC(C)C1CCc2ccc3ccc(-c4cccc5ccccc45)nc3c2N1. The zero-order valence-electron chi connectivity index (χ0n) is 15.9. The van der Waals surface area contributed by atoms with E-state index in [-0.39, 0.29) is 0 Å². The number of nitrogens with one attached hydrogen (secondary N) is 1. The normalized spacial score (nSPS) is 16.5. The fraction of sp³-hybridized carbons (Fsp3) is 0.240. The first kappa shape index (κ1) is 16.3. The van der Waals surface area contributed by atoms with Crippen LogP contribution in [0, 0.1) is 5.92 Å². The Morgan fingerprint density at radius 1 is 0.889 bits per heavy atom. The summed E-state index contributed by atoms with van der Waals surface area (Å²) in [5.41, 5.74) is 5.97. The molecule has 27 heavy (non-hydrogen) atoms. The summed E-state index contributed by atoms with van der Waals surface area (Å²) in [5, 5.41) is 7.51. The Balaban J connectivity index is 1.70. The Kier molecular flexibility index (Phi) is 3.86. The molecule has 2 heteroatoms. The van der Waals surface area contributed by atoms with Crippen molar-refractivity contribution in [3.05, 3.63) is 72.3 Å². The van der Waals surface area contributed by atoms with Crippen molar-refractivity contribution < 1.29 is 0 Å². The Bertz CT molecular complexity index is 1140. The van der Waals surface area contributed by atoms with Gasteiger partial charge in [0, 0.05) is 17.0 Å². The third-order valence-electron chi connectivity index (χ3n) is 5.87. The number of hydrogen-bond donors (Lipinski definition) is 1. The smallest absolute Gasteiger partial charge is 0.0943 e. The predicted octanol–water partition coefficient (Wildman–Crippen LogP) is 6.44. The highest BCUT2D eigenvalue weighted by molar-refractivity contribution is 5.99. The van der Waals surface area contributed by atoms with Crippen LogP contribution >= 0.6 is 0 Å². The molecule has 1 aliphatic rings. The van der Waals surface area contributed by atoms with Crippen molar-refractivity contribution in [2.75, 3.05) is 5.32 Å². The van der Waals surface area contributed by atoms with E-state index in [2.05, 4.69) is 85.9 Å². The summed E-state index contributed by atoms with van der Waals surface area (Å²) in [4.78, 5) is 5.14. The molecule has 0 bridgehead atoms. The first-order valence-corrected chi connectivity index (χ1v) is 9.88. The number of pyridine rings is 1. The van der Waals surface area contributed by atoms with Gasteiger partial charge < -0.3 is 5.32 Å². The van der Waals surface area contributed by atoms with Crippen LogP contribution in [-0.2, 0) is 6.42 Å². The summed E-state index contributed by atoms with van der Waals surface area (Å²) in [7, 11) is 0. The van der Waals surface area contributed by atoms with Crippen molar-refractivity contribution in [2.45, 2.75) is 32.7 Å². The zero-order chi connectivity index (χ0) is 18.4. The van der Waals surface area contributed by atoms with Crippen LogP contribution in [0.1, 0.15) is 25.8 Å². The molecule has 0 spiro atoms. The van der Waals surface area contributed by atoms with E-state index in [1.54, 1.807) is 0 Å². The van der Waals surface area contributed by atoms with Gasteiger partial charge in [-0.05, 0) is 41.2 Å². The molecule has 0 radical (unpaired) electrons. The fourth-order valence-corrected chi connectivity index (χ4v) is 4.27. The number of rotatable bonds is 2. The largest absolute Gasteiger partial charge is 0.380 e. The summed E-state index contributed by atoms with van der Waals surface area (Å²) >= 11 is 0. The number of fused-ring (bicyclic) bond motifs is 4. The van der Waals surface area contributed by atoms with Crippen LogP contribution < -0.4 is 5.32 Å². The first-order valence-electron chi connectivity index (χ1n) is 9.88. The lowest BCUT2D eigenvalue weighted by Crippen LogP contribution is -2.30. The molecule has 0 fully saturated rings. The van der Waals surface area contributed by atoms with E-state index in [9.17, 15) is 0 Å². The van der Waals surface area contributed by atoms with Gasteiger partial charge in [0.1, 0.15) is 0 Å². The second-order valence-corrected chi connectivity index (χ2v) is 7.93. The molecule has 1 unspecified atom stereocenters. The van der Waals surface area contributed by atoms with Crippen molar-refractivity contribution in [1.29, 1.82) is 0 Å². The van der Waals surface area contributed by atoms with E-state index in [4.69, 9.17) is 4.98 Å². The van der Waals surface area contributed by atoms with Crippen molar-refractivity contribution in [3.63, 3.8) is 0 Å². The molecule has 0 saturated heterocycles. The van der Waals surface area contributed by atoms with Gasteiger partial charge in [-0.3, -0.25) is 0 Å². The van der Waals surface area contributed by atoms with Gasteiger partial charge >= 0.3 is 0 Å². The fourth-order valence-electron chi connectivity index (χ4n) is 4.27. The van der Waals surface area contributed by atoms with Crippen LogP contribution in [0.25, 0.3) is 32.9 Å². The van der Waals surface area contributed by atoms with Crippen LogP contribution in [0.3, 0.4) is 0 Å². The van der Waals surface area contributed by atoms with Crippen molar-refractivity contribution in [3.8, 4) is 11.3 Å². The minimum absolute atomic E-state index is 0.520. The highest BCUT2D eigenvalue weighted by Crippen LogP contribution is 2.35. The van der Waals surface area contributed by atoms with E-state index in [0.717, 1.165) is 17.6 Å².